The van der Waals surface area contributed by atoms with Crippen LogP contribution in [0.15, 0.2) is 77.7 Å². The average Bonchev–Trinajstić information content (AvgIpc) is 2.75. The molecule has 0 radical (unpaired) electrons. The molecular formula is C23H22N4O3S2. The molecule has 0 heterocycles. The molecule has 9 heteroatoms. The van der Waals surface area contributed by atoms with Crippen LogP contribution in [0.25, 0.3) is 0 Å². The summed E-state index contributed by atoms with van der Waals surface area (Å²) in [5, 5.41) is 20.1. The van der Waals surface area contributed by atoms with E-state index in [9.17, 15) is 14.9 Å². The van der Waals surface area contributed by atoms with Crippen molar-refractivity contribution in [3.63, 3.8) is 0 Å². The smallest absolute Gasteiger partial charge is 0.269 e. The van der Waals surface area contributed by atoms with Gasteiger partial charge in [-0.15, -0.1) is 11.8 Å². The van der Waals surface area contributed by atoms with Gasteiger partial charge in [-0.2, -0.15) is 0 Å². The molecule has 1 amide bonds. The lowest BCUT2D eigenvalue weighted by molar-refractivity contribution is -0.384. The number of hydrogen-bond donors (Lipinski definition) is 3. The van der Waals surface area contributed by atoms with Gasteiger partial charge in [-0.3, -0.25) is 14.9 Å². The van der Waals surface area contributed by atoms with Crippen LogP contribution in [0.2, 0.25) is 0 Å². The number of aryl methyl sites for hydroxylation is 1. The Morgan fingerprint density at radius 1 is 0.969 bits per heavy atom. The molecule has 7 nitrogen and oxygen atoms in total. The molecule has 0 aromatic heterocycles. The van der Waals surface area contributed by atoms with Crippen LogP contribution in [-0.2, 0) is 4.79 Å². The lowest BCUT2D eigenvalue weighted by Gasteiger charge is -2.15. The number of carbonyl (C=O) groups excluding carboxylic acids is 1. The molecule has 0 bridgehead atoms. The van der Waals surface area contributed by atoms with Crippen molar-refractivity contribution in [3.8, 4) is 0 Å². The number of para-hydroxylation sites is 1. The molecule has 1 unspecified atom stereocenters. The third-order valence-corrected chi connectivity index (χ3v) is 5.78. The van der Waals surface area contributed by atoms with Crippen LogP contribution in [0.4, 0.5) is 22.7 Å². The van der Waals surface area contributed by atoms with Gasteiger partial charge in [0.25, 0.3) is 5.69 Å². The number of anilines is 3. The van der Waals surface area contributed by atoms with Gasteiger partial charge in [0, 0.05) is 34.1 Å². The molecule has 0 aliphatic heterocycles. The first kappa shape index (κ1) is 23.2. The molecule has 3 N–H and O–H groups in total. The summed E-state index contributed by atoms with van der Waals surface area (Å²) < 4.78 is 0. The fourth-order valence-corrected chi connectivity index (χ4v) is 4.02. The average molecular weight is 467 g/mol. The second-order valence-electron chi connectivity index (χ2n) is 6.98. The number of thioether (sulfide) groups is 1. The predicted octanol–water partition coefficient (Wildman–Crippen LogP) is 5.83. The number of nitro groups is 1. The van der Waals surface area contributed by atoms with Crippen LogP contribution in [0.1, 0.15) is 12.5 Å². The van der Waals surface area contributed by atoms with E-state index in [0.29, 0.717) is 16.4 Å². The molecular weight excluding hydrogens is 444 g/mol. The molecule has 0 aliphatic carbocycles. The number of rotatable bonds is 7. The SMILES string of the molecule is Cc1cc([N+](=O)[O-])ccc1NC(=O)C(C)Sc1cccc(NC(=S)Nc2ccccc2)c1. The Bertz CT molecular complexity index is 1140. The topological polar surface area (TPSA) is 96.3 Å². The molecule has 0 saturated heterocycles. The fourth-order valence-electron chi connectivity index (χ4n) is 2.86. The number of thiocarbonyl (C=S) groups is 1. The number of amides is 1. The van der Waals surface area contributed by atoms with E-state index in [2.05, 4.69) is 16.0 Å². The fraction of sp³-hybridized carbons (Fsp3) is 0.130. The van der Waals surface area contributed by atoms with Gasteiger partial charge in [0.1, 0.15) is 0 Å². The third kappa shape index (κ3) is 6.53. The summed E-state index contributed by atoms with van der Waals surface area (Å²) in [6.07, 6.45) is 0. The molecule has 3 rings (SSSR count). The van der Waals surface area contributed by atoms with E-state index in [-0.39, 0.29) is 16.8 Å². The highest BCUT2D eigenvalue weighted by molar-refractivity contribution is 8.00. The van der Waals surface area contributed by atoms with Gasteiger partial charge in [0.2, 0.25) is 5.91 Å². The maximum atomic E-state index is 12.6. The van der Waals surface area contributed by atoms with Gasteiger partial charge in [-0.1, -0.05) is 24.3 Å². The Balaban J connectivity index is 1.59. The first-order chi connectivity index (χ1) is 15.3. The highest BCUT2D eigenvalue weighted by Gasteiger charge is 2.17. The van der Waals surface area contributed by atoms with Gasteiger partial charge in [-0.25, -0.2) is 0 Å². The van der Waals surface area contributed by atoms with Crippen molar-refractivity contribution in [3.05, 3.63) is 88.5 Å². The second-order valence-corrected chi connectivity index (χ2v) is 8.80. The van der Waals surface area contributed by atoms with E-state index in [1.165, 1.54) is 23.9 Å². The molecule has 0 spiro atoms. The van der Waals surface area contributed by atoms with E-state index in [1.54, 1.807) is 13.0 Å². The largest absolute Gasteiger partial charge is 0.332 e. The number of nitrogens with one attached hydrogen (secondary N) is 3. The Kier molecular flexibility index (Phi) is 7.80. The summed E-state index contributed by atoms with van der Waals surface area (Å²) in [5.41, 5.74) is 2.88. The zero-order valence-electron chi connectivity index (χ0n) is 17.5. The predicted molar refractivity (Wildman–Crippen MR) is 135 cm³/mol. The third-order valence-electron chi connectivity index (χ3n) is 4.48. The highest BCUT2D eigenvalue weighted by atomic mass is 32.2. The summed E-state index contributed by atoms with van der Waals surface area (Å²) in [5.74, 6) is -0.188. The molecule has 0 aliphatic rings. The standard InChI is InChI=1S/C23H22N4O3S2/c1-15-13-19(27(29)30)11-12-21(15)26-22(28)16(2)32-20-10-6-9-18(14-20)25-23(31)24-17-7-4-3-5-8-17/h3-14,16H,1-2H3,(H,26,28)(H2,24,25,31). The van der Waals surface area contributed by atoms with Crippen molar-refractivity contribution < 1.29 is 9.72 Å². The quantitative estimate of drug-likeness (QED) is 0.174. The number of carbonyl (C=O) groups is 1. The van der Waals surface area contributed by atoms with E-state index < -0.39 is 4.92 Å². The lowest BCUT2D eigenvalue weighted by Crippen LogP contribution is -2.23. The van der Waals surface area contributed by atoms with E-state index in [1.807, 2.05) is 61.5 Å². The minimum Gasteiger partial charge on any atom is -0.332 e. The Labute approximate surface area is 195 Å². The molecule has 3 aromatic carbocycles. The normalized spacial score (nSPS) is 11.3. The van der Waals surface area contributed by atoms with Crippen LogP contribution >= 0.6 is 24.0 Å². The Hall–Kier alpha value is -3.43. The van der Waals surface area contributed by atoms with Crippen molar-refractivity contribution in [2.24, 2.45) is 0 Å². The van der Waals surface area contributed by atoms with Crippen LogP contribution in [0.3, 0.4) is 0 Å². The maximum absolute atomic E-state index is 12.6. The summed E-state index contributed by atoms with van der Waals surface area (Å²) in [4.78, 5) is 24.0. The maximum Gasteiger partial charge on any atom is 0.269 e. The van der Waals surface area contributed by atoms with E-state index in [0.717, 1.165) is 16.3 Å². The number of non-ortho nitro benzene ring substituents is 1. The van der Waals surface area contributed by atoms with Crippen molar-refractivity contribution in [2.45, 2.75) is 24.0 Å². The second kappa shape index (κ2) is 10.7. The summed E-state index contributed by atoms with van der Waals surface area (Å²) >= 11 is 6.77. The van der Waals surface area contributed by atoms with Gasteiger partial charge >= 0.3 is 0 Å². The molecule has 164 valence electrons. The highest BCUT2D eigenvalue weighted by Crippen LogP contribution is 2.28. The summed E-state index contributed by atoms with van der Waals surface area (Å²) in [6.45, 7) is 3.53. The van der Waals surface area contributed by atoms with E-state index in [4.69, 9.17) is 12.2 Å². The lowest BCUT2D eigenvalue weighted by atomic mass is 10.2. The zero-order valence-corrected chi connectivity index (χ0v) is 19.1. The summed E-state index contributed by atoms with van der Waals surface area (Å²) in [7, 11) is 0. The van der Waals surface area contributed by atoms with E-state index >= 15 is 0 Å². The van der Waals surface area contributed by atoms with Gasteiger partial charge in [-0.05, 0) is 68.0 Å². The van der Waals surface area contributed by atoms with Crippen LogP contribution < -0.4 is 16.0 Å². The minimum absolute atomic E-state index is 0.00749. The number of hydrogen-bond acceptors (Lipinski definition) is 5. The van der Waals surface area contributed by atoms with Crippen molar-refractivity contribution >= 4 is 57.7 Å². The van der Waals surface area contributed by atoms with Gasteiger partial charge < -0.3 is 16.0 Å². The van der Waals surface area contributed by atoms with Crippen LogP contribution in [-0.4, -0.2) is 21.2 Å². The first-order valence-corrected chi connectivity index (χ1v) is 11.1. The van der Waals surface area contributed by atoms with Crippen LogP contribution in [0, 0.1) is 17.0 Å². The number of nitro benzene ring substituents is 1. The van der Waals surface area contributed by atoms with Crippen LogP contribution in [0.5, 0.6) is 0 Å². The molecule has 32 heavy (non-hydrogen) atoms. The molecule has 0 saturated carbocycles. The van der Waals surface area contributed by atoms with Gasteiger partial charge in [0.15, 0.2) is 5.11 Å². The summed E-state index contributed by atoms with van der Waals surface area (Å²) in [6, 6.07) is 21.6. The number of nitrogens with zero attached hydrogens (tertiary/aromatic N) is 1. The Morgan fingerprint density at radius 3 is 2.34 bits per heavy atom. The van der Waals surface area contributed by atoms with Gasteiger partial charge in [0.05, 0.1) is 10.2 Å². The molecule has 0 fully saturated rings. The number of benzene rings is 3. The molecule has 1 atom stereocenters. The Morgan fingerprint density at radius 2 is 1.66 bits per heavy atom. The zero-order chi connectivity index (χ0) is 23.1. The van der Waals surface area contributed by atoms with Crippen molar-refractivity contribution in [2.75, 3.05) is 16.0 Å². The molecule has 3 aromatic rings. The van der Waals surface area contributed by atoms with Crippen molar-refractivity contribution in [1.29, 1.82) is 0 Å². The monoisotopic (exact) mass is 466 g/mol. The minimum atomic E-state index is -0.459. The first-order valence-electron chi connectivity index (χ1n) is 9.77. The van der Waals surface area contributed by atoms with Crippen molar-refractivity contribution in [1.82, 2.24) is 0 Å².